The van der Waals surface area contributed by atoms with Crippen LogP contribution in [0.2, 0.25) is 0 Å². The van der Waals surface area contributed by atoms with Gasteiger partial charge < -0.3 is 15.1 Å². The number of furan rings is 1. The van der Waals surface area contributed by atoms with Crippen LogP contribution in [0.25, 0.3) is 0 Å². The molecular formula is C12H20N2O2. The van der Waals surface area contributed by atoms with Crippen molar-refractivity contribution in [2.75, 3.05) is 13.1 Å². The van der Waals surface area contributed by atoms with Crippen molar-refractivity contribution in [3.63, 3.8) is 0 Å². The molecule has 4 nitrogen and oxygen atoms in total. The number of hydrogen-bond donors (Lipinski definition) is 1. The molecule has 0 bridgehead atoms. The number of carbonyl (C=O) groups excluding carboxylic acids is 1. The summed E-state index contributed by atoms with van der Waals surface area (Å²) in [5, 5.41) is 0. The maximum Gasteiger partial charge on any atom is 0.290 e. The molecule has 16 heavy (non-hydrogen) atoms. The minimum atomic E-state index is -0.0500. The second kappa shape index (κ2) is 5.70. The van der Waals surface area contributed by atoms with Crippen LogP contribution >= 0.6 is 0 Å². The first-order valence-electron chi connectivity index (χ1n) is 5.63. The summed E-state index contributed by atoms with van der Waals surface area (Å²) >= 11 is 0. The number of amides is 1. The molecule has 2 N–H and O–H groups in total. The summed E-state index contributed by atoms with van der Waals surface area (Å²) in [6.07, 6.45) is 2.35. The lowest BCUT2D eigenvalue weighted by Crippen LogP contribution is -2.38. The van der Waals surface area contributed by atoms with Gasteiger partial charge in [-0.2, -0.15) is 0 Å². The van der Waals surface area contributed by atoms with Gasteiger partial charge in [0.05, 0.1) is 6.26 Å². The van der Waals surface area contributed by atoms with Crippen molar-refractivity contribution in [1.82, 2.24) is 4.90 Å². The SMILES string of the molecule is Cc1ccoc1C(=O)N(CCCN)C(C)C. The van der Waals surface area contributed by atoms with E-state index in [1.807, 2.05) is 20.8 Å². The molecule has 1 heterocycles. The smallest absolute Gasteiger partial charge is 0.290 e. The Balaban J connectivity index is 2.79. The summed E-state index contributed by atoms with van der Waals surface area (Å²) in [6, 6.07) is 1.96. The quantitative estimate of drug-likeness (QED) is 0.829. The van der Waals surface area contributed by atoms with Gasteiger partial charge in [0.2, 0.25) is 0 Å². The lowest BCUT2D eigenvalue weighted by atomic mass is 10.2. The van der Waals surface area contributed by atoms with Gasteiger partial charge in [-0.1, -0.05) is 0 Å². The van der Waals surface area contributed by atoms with E-state index in [1.54, 1.807) is 17.2 Å². The second-order valence-corrected chi connectivity index (χ2v) is 4.17. The molecule has 0 radical (unpaired) electrons. The van der Waals surface area contributed by atoms with E-state index in [2.05, 4.69) is 0 Å². The first-order valence-corrected chi connectivity index (χ1v) is 5.63. The van der Waals surface area contributed by atoms with Crippen molar-refractivity contribution in [1.29, 1.82) is 0 Å². The van der Waals surface area contributed by atoms with Crippen molar-refractivity contribution in [3.8, 4) is 0 Å². The highest BCUT2D eigenvalue weighted by Gasteiger charge is 2.22. The van der Waals surface area contributed by atoms with Crippen LogP contribution in [0.4, 0.5) is 0 Å². The van der Waals surface area contributed by atoms with Crippen LogP contribution in [0.3, 0.4) is 0 Å². The molecule has 0 aliphatic carbocycles. The highest BCUT2D eigenvalue weighted by molar-refractivity contribution is 5.93. The lowest BCUT2D eigenvalue weighted by molar-refractivity contribution is 0.0671. The molecule has 0 aliphatic heterocycles. The molecular weight excluding hydrogens is 204 g/mol. The minimum absolute atomic E-state index is 0.0500. The van der Waals surface area contributed by atoms with Gasteiger partial charge in [0.15, 0.2) is 5.76 Å². The zero-order valence-electron chi connectivity index (χ0n) is 10.2. The number of rotatable bonds is 5. The molecule has 0 saturated heterocycles. The first-order chi connectivity index (χ1) is 7.57. The van der Waals surface area contributed by atoms with Gasteiger partial charge >= 0.3 is 0 Å². The normalized spacial score (nSPS) is 10.8. The predicted octanol–water partition coefficient (Wildman–Crippen LogP) is 1.79. The molecule has 0 aromatic carbocycles. The van der Waals surface area contributed by atoms with Crippen LogP contribution in [-0.2, 0) is 0 Å². The van der Waals surface area contributed by atoms with E-state index < -0.39 is 0 Å². The monoisotopic (exact) mass is 224 g/mol. The van der Waals surface area contributed by atoms with E-state index in [1.165, 1.54) is 0 Å². The molecule has 1 aromatic rings. The zero-order valence-corrected chi connectivity index (χ0v) is 10.2. The van der Waals surface area contributed by atoms with E-state index in [0.29, 0.717) is 18.8 Å². The van der Waals surface area contributed by atoms with Gasteiger partial charge in [0, 0.05) is 18.2 Å². The maximum absolute atomic E-state index is 12.2. The number of aryl methyl sites for hydroxylation is 1. The maximum atomic E-state index is 12.2. The van der Waals surface area contributed by atoms with E-state index in [0.717, 1.165) is 12.0 Å². The summed E-state index contributed by atoms with van der Waals surface area (Å²) in [5.41, 5.74) is 6.34. The van der Waals surface area contributed by atoms with Gasteiger partial charge in [0.25, 0.3) is 5.91 Å². The Morgan fingerprint density at radius 1 is 1.56 bits per heavy atom. The average molecular weight is 224 g/mol. The highest BCUT2D eigenvalue weighted by Crippen LogP contribution is 2.14. The summed E-state index contributed by atoms with van der Waals surface area (Å²) < 4.78 is 5.21. The molecule has 1 rings (SSSR count). The molecule has 0 atom stereocenters. The first kappa shape index (κ1) is 12.8. The van der Waals surface area contributed by atoms with Crippen LogP contribution in [0.1, 0.15) is 36.4 Å². The minimum Gasteiger partial charge on any atom is -0.459 e. The second-order valence-electron chi connectivity index (χ2n) is 4.17. The van der Waals surface area contributed by atoms with Crippen LogP contribution in [0, 0.1) is 6.92 Å². The Morgan fingerprint density at radius 2 is 2.25 bits per heavy atom. The van der Waals surface area contributed by atoms with Gasteiger partial charge in [-0.25, -0.2) is 0 Å². The Labute approximate surface area is 96.4 Å². The largest absolute Gasteiger partial charge is 0.459 e. The zero-order chi connectivity index (χ0) is 12.1. The van der Waals surface area contributed by atoms with Crippen molar-refractivity contribution < 1.29 is 9.21 Å². The Kier molecular flexibility index (Phi) is 4.55. The van der Waals surface area contributed by atoms with E-state index in [-0.39, 0.29) is 11.9 Å². The number of nitrogens with zero attached hydrogens (tertiary/aromatic N) is 1. The summed E-state index contributed by atoms with van der Waals surface area (Å²) in [4.78, 5) is 14.0. The summed E-state index contributed by atoms with van der Waals surface area (Å²) in [5.74, 6) is 0.386. The van der Waals surface area contributed by atoms with E-state index in [4.69, 9.17) is 10.2 Å². The Hall–Kier alpha value is -1.29. The van der Waals surface area contributed by atoms with Gasteiger partial charge in [-0.3, -0.25) is 4.79 Å². The van der Waals surface area contributed by atoms with Crippen molar-refractivity contribution in [3.05, 3.63) is 23.7 Å². The molecule has 1 aromatic heterocycles. The third kappa shape index (κ3) is 2.85. The lowest BCUT2D eigenvalue weighted by Gasteiger charge is -2.25. The molecule has 0 unspecified atom stereocenters. The predicted molar refractivity (Wildman–Crippen MR) is 63.3 cm³/mol. The third-order valence-electron chi connectivity index (χ3n) is 2.54. The molecule has 0 saturated carbocycles. The van der Waals surface area contributed by atoms with E-state index in [9.17, 15) is 4.79 Å². The van der Waals surface area contributed by atoms with Gasteiger partial charge in [-0.05, 0) is 39.8 Å². The topological polar surface area (TPSA) is 59.5 Å². The fourth-order valence-corrected chi connectivity index (χ4v) is 1.58. The molecule has 4 heteroatoms. The Morgan fingerprint density at radius 3 is 2.69 bits per heavy atom. The van der Waals surface area contributed by atoms with E-state index >= 15 is 0 Å². The van der Waals surface area contributed by atoms with Crippen LogP contribution in [0.15, 0.2) is 16.7 Å². The molecule has 90 valence electrons. The van der Waals surface area contributed by atoms with Gasteiger partial charge in [0.1, 0.15) is 0 Å². The molecule has 0 spiro atoms. The fourth-order valence-electron chi connectivity index (χ4n) is 1.58. The number of carbonyl (C=O) groups is 1. The number of hydrogen-bond acceptors (Lipinski definition) is 3. The molecule has 0 fully saturated rings. The Bertz CT molecular complexity index is 345. The third-order valence-corrected chi connectivity index (χ3v) is 2.54. The highest BCUT2D eigenvalue weighted by atomic mass is 16.3. The fraction of sp³-hybridized carbons (Fsp3) is 0.583. The number of nitrogens with two attached hydrogens (primary N) is 1. The van der Waals surface area contributed by atoms with Crippen LogP contribution in [0.5, 0.6) is 0 Å². The van der Waals surface area contributed by atoms with Crippen molar-refractivity contribution in [2.45, 2.75) is 33.2 Å². The van der Waals surface area contributed by atoms with Gasteiger partial charge in [-0.15, -0.1) is 0 Å². The molecule has 1 amide bonds. The van der Waals surface area contributed by atoms with Crippen molar-refractivity contribution >= 4 is 5.91 Å². The molecule has 0 aliphatic rings. The average Bonchev–Trinajstić information content (AvgIpc) is 2.64. The van der Waals surface area contributed by atoms with Crippen LogP contribution in [-0.4, -0.2) is 29.9 Å². The van der Waals surface area contributed by atoms with Crippen molar-refractivity contribution in [2.24, 2.45) is 5.73 Å². The summed E-state index contributed by atoms with van der Waals surface area (Å²) in [6.45, 7) is 7.12. The van der Waals surface area contributed by atoms with Crippen LogP contribution < -0.4 is 5.73 Å². The standard InChI is InChI=1S/C12H20N2O2/c1-9(2)14(7-4-6-13)12(15)11-10(3)5-8-16-11/h5,8-9H,4,6-7,13H2,1-3H3. The summed E-state index contributed by atoms with van der Waals surface area (Å²) in [7, 11) is 0.